The van der Waals surface area contributed by atoms with E-state index in [2.05, 4.69) is 10.6 Å². The van der Waals surface area contributed by atoms with Gasteiger partial charge in [0, 0.05) is 14.1 Å². The first-order valence-corrected chi connectivity index (χ1v) is 11.8. The number of likely N-dealkylation sites (N-methyl/N-ethyl adjacent to an activating group) is 2. The molecule has 2 bridgehead atoms. The van der Waals surface area contributed by atoms with Gasteiger partial charge in [-0.1, -0.05) is 44.2 Å². The summed E-state index contributed by atoms with van der Waals surface area (Å²) in [5.41, 5.74) is 1.01. The normalized spacial score (nSPS) is 23.0. The van der Waals surface area contributed by atoms with Crippen LogP contribution in [0.3, 0.4) is 0 Å². The summed E-state index contributed by atoms with van der Waals surface area (Å²) >= 11 is 0. The van der Waals surface area contributed by atoms with Crippen molar-refractivity contribution < 1.29 is 18.8 Å². The SMILES string of the molecule is CC(C)C[C@@H]1NC(=O)[C@H](C)N(C)C(=O)[C@H](Cc2ccccc2)NCc2ccc(o2)CN(C)C1=O. The number of carbonyl (C=O) groups is 3. The molecule has 0 aliphatic carbocycles. The lowest BCUT2D eigenvalue weighted by Crippen LogP contribution is -2.56. The molecule has 0 fully saturated rings. The van der Waals surface area contributed by atoms with Crippen LogP contribution in [0, 0.1) is 5.92 Å². The topological polar surface area (TPSA) is 94.9 Å². The summed E-state index contributed by atoms with van der Waals surface area (Å²) in [7, 11) is 3.33. The number of amides is 3. The van der Waals surface area contributed by atoms with Crippen molar-refractivity contribution in [2.24, 2.45) is 5.92 Å². The second-order valence-corrected chi connectivity index (χ2v) is 9.50. The number of carbonyl (C=O) groups excluding carboxylic acids is 3. The van der Waals surface area contributed by atoms with Gasteiger partial charge in [0.25, 0.3) is 0 Å². The predicted molar refractivity (Wildman–Crippen MR) is 130 cm³/mol. The van der Waals surface area contributed by atoms with Gasteiger partial charge >= 0.3 is 0 Å². The Bertz CT molecular complexity index is 988. The maximum atomic E-state index is 13.5. The van der Waals surface area contributed by atoms with Crippen molar-refractivity contribution in [3.63, 3.8) is 0 Å². The molecule has 3 atom stereocenters. The van der Waals surface area contributed by atoms with Gasteiger partial charge in [0.15, 0.2) is 0 Å². The Morgan fingerprint density at radius 3 is 2.32 bits per heavy atom. The molecule has 3 rings (SSSR count). The van der Waals surface area contributed by atoms with E-state index in [9.17, 15) is 14.4 Å². The molecule has 0 saturated heterocycles. The molecule has 0 radical (unpaired) electrons. The summed E-state index contributed by atoms with van der Waals surface area (Å²) in [5.74, 6) is 0.798. The largest absolute Gasteiger partial charge is 0.463 e. The predicted octanol–water partition coefficient (Wildman–Crippen LogP) is 2.33. The van der Waals surface area contributed by atoms with Gasteiger partial charge in [-0.05, 0) is 43.4 Å². The third-order valence-corrected chi connectivity index (χ3v) is 6.22. The fourth-order valence-electron chi connectivity index (χ4n) is 4.10. The van der Waals surface area contributed by atoms with Crippen molar-refractivity contribution in [2.45, 2.75) is 64.8 Å². The van der Waals surface area contributed by atoms with Gasteiger partial charge in [-0.25, -0.2) is 0 Å². The average Bonchev–Trinajstić information content (AvgIpc) is 3.26. The lowest BCUT2D eigenvalue weighted by molar-refractivity contribution is -0.142. The zero-order valence-corrected chi connectivity index (χ0v) is 20.7. The first-order chi connectivity index (χ1) is 16.2. The molecule has 184 valence electrons. The van der Waals surface area contributed by atoms with Crippen LogP contribution >= 0.6 is 0 Å². The van der Waals surface area contributed by atoms with Gasteiger partial charge in [-0.2, -0.15) is 0 Å². The minimum atomic E-state index is -0.736. The first-order valence-electron chi connectivity index (χ1n) is 11.8. The summed E-state index contributed by atoms with van der Waals surface area (Å²) in [6.07, 6.45) is 0.976. The highest BCUT2D eigenvalue weighted by Crippen LogP contribution is 2.15. The lowest BCUT2D eigenvalue weighted by Gasteiger charge is -2.31. The van der Waals surface area contributed by atoms with Crippen molar-refractivity contribution in [3.05, 3.63) is 59.5 Å². The lowest BCUT2D eigenvalue weighted by atomic mass is 10.0. The van der Waals surface area contributed by atoms with E-state index < -0.39 is 18.1 Å². The molecule has 2 heterocycles. The van der Waals surface area contributed by atoms with Crippen LogP contribution in [0.5, 0.6) is 0 Å². The van der Waals surface area contributed by atoms with E-state index in [0.29, 0.717) is 37.5 Å². The van der Waals surface area contributed by atoms with E-state index in [1.165, 1.54) is 4.90 Å². The monoisotopic (exact) mass is 468 g/mol. The molecule has 0 unspecified atom stereocenters. The zero-order valence-electron chi connectivity index (χ0n) is 20.7. The molecule has 1 aromatic carbocycles. The molecule has 8 heteroatoms. The number of hydrogen-bond acceptors (Lipinski definition) is 5. The molecule has 0 saturated carbocycles. The van der Waals surface area contributed by atoms with Crippen molar-refractivity contribution in [1.82, 2.24) is 20.4 Å². The second-order valence-electron chi connectivity index (χ2n) is 9.50. The Hall–Kier alpha value is -3.13. The van der Waals surface area contributed by atoms with Crippen molar-refractivity contribution in [2.75, 3.05) is 14.1 Å². The average molecular weight is 469 g/mol. The number of benzene rings is 1. The third kappa shape index (κ3) is 6.47. The van der Waals surface area contributed by atoms with Crippen LogP contribution in [0.1, 0.15) is 44.3 Å². The highest BCUT2D eigenvalue weighted by Gasteiger charge is 2.32. The van der Waals surface area contributed by atoms with Crippen LogP contribution in [0.25, 0.3) is 0 Å². The molecule has 0 spiro atoms. The summed E-state index contributed by atoms with van der Waals surface area (Å²) < 4.78 is 5.93. The molecule has 1 aromatic heterocycles. The van der Waals surface area contributed by atoms with Gasteiger partial charge < -0.3 is 19.5 Å². The van der Waals surface area contributed by atoms with Gasteiger partial charge in [0.05, 0.1) is 19.1 Å². The zero-order chi connectivity index (χ0) is 24.8. The Labute approximate surface area is 201 Å². The standard InChI is InChI=1S/C26H36N4O4/c1-17(2)13-23-25(32)29(4)16-21-12-11-20(34-21)15-27-22(14-19-9-7-6-8-10-19)26(33)30(5)18(3)24(31)28-23/h6-12,17-18,22-23,27H,13-16H2,1-5H3,(H,28,31)/t18-,22-,23-/m0/s1. The van der Waals surface area contributed by atoms with Crippen molar-refractivity contribution in [1.29, 1.82) is 0 Å². The summed E-state index contributed by atoms with van der Waals surface area (Å²) in [4.78, 5) is 42.7. The Kier molecular flexibility index (Phi) is 8.50. The highest BCUT2D eigenvalue weighted by molar-refractivity contribution is 5.92. The number of nitrogens with one attached hydrogen (secondary N) is 2. The Morgan fingerprint density at radius 1 is 0.971 bits per heavy atom. The summed E-state index contributed by atoms with van der Waals surface area (Å²) in [6, 6.07) is 11.5. The van der Waals surface area contributed by atoms with E-state index in [1.54, 1.807) is 25.9 Å². The Morgan fingerprint density at radius 2 is 1.65 bits per heavy atom. The van der Waals surface area contributed by atoms with E-state index in [1.807, 2.05) is 56.3 Å². The Balaban J connectivity index is 1.91. The van der Waals surface area contributed by atoms with Gasteiger partial charge in [-0.15, -0.1) is 0 Å². The van der Waals surface area contributed by atoms with Crippen LogP contribution in [0.15, 0.2) is 46.9 Å². The third-order valence-electron chi connectivity index (χ3n) is 6.22. The minimum Gasteiger partial charge on any atom is -0.463 e. The van der Waals surface area contributed by atoms with E-state index >= 15 is 0 Å². The van der Waals surface area contributed by atoms with Gasteiger partial charge in [0.2, 0.25) is 17.7 Å². The van der Waals surface area contributed by atoms with Crippen LogP contribution in [-0.2, 0) is 33.9 Å². The number of nitrogens with zero attached hydrogens (tertiary/aromatic N) is 2. The van der Waals surface area contributed by atoms with E-state index in [4.69, 9.17) is 4.42 Å². The molecule has 2 N–H and O–H groups in total. The molecule has 34 heavy (non-hydrogen) atoms. The van der Waals surface area contributed by atoms with Crippen molar-refractivity contribution in [3.8, 4) is 0 Å². The first kappa shape index (κ1) is 25.5. The molecule has 3 amide bonds. The van der Waals surface area contributed by atoms with Crippen LogP contribution in [-0.4, -0.2) is 59.7 Å². The molecule has 1 aliphatic rings. The molecular formula is C26H36N4O4. The quantitative estimate of drug-likeness (QED) is 0.718. The van der Waals surface area contributed by atoms with Crippen LogP contribution in [0.4, 0.5) is 0 Å². The van der Waals surface area contributed by atoms with Crippen LogP contribution < -0.4 is 10.6 Å². The molecular weight excluding hydrogens is 432 g/mol. The fourth-order valence-corrected chi connectivity index (χ4v) is 4.10. The van der Waals surface area contributed by atoms with Gasteiger partial charge in [0.1, 0.15) is 23.6 Å². The smallest absolute Gasteiger partial charge is 0.245 e. The summed E-state index contributed by atoms with van der Waals surface area (Å²) in [5, 5.41) is 6.19. The van der Waals surface area contributed by atoms with Crippen LogP contribution in [0.2, 0.25) is 0 Å². The highest BCUT2D eigenvalue weighted by atomic mass is 16.3. The number of furan rings is 1. The summed E-state index contributed by atoms with van der Waals surface area (Å²) in [6.45, 7) is 6.35. The van der Waals surface area contributed by atoms with E-state index in [-0.39, 0.29) is 23.6 Å². The minimum absolute atomic E-state index is 0.184. The number of fused-ring (bicyclic) bond motifs is 2. The molecule has 2 aromatic rings. The van der Waals surface area contributed by atoms with Gasteiger partial charge in [-0.3, -0.25) is 19.7 Å². The van der Waals surface area contributed by atoms with Crippen molar-refractivity contribution >= 4 is 17.7 Å². The maximum absolute atomic E-state index is 13.5. The maximum Gasteiger partial charge on any atom is 0.245 e. The number of rotatable bonds is 4. The number of hydrogen-bond donors (Lipinski definition) is 2. The fraction of sp³-hybridized carbons (Fsp3) is 0.500. The van der Waals surface area contributed by atoms with E-state index in [0.717, 1.165) is 5.56 Å². The molecule has 1 aliphatic heterocycles. The second kappa shape index (κ2) is 11.3. The molecule has 8 nitrogen and oxygen atoms in total.